The van der Waals surface area contributed by atoms with Crippen molar-refractivity contribution in [3.8, 4) is 11.1 Å². The van der Waals surface area contributed by atoms with Gasteiger partial charge in [0.1, 0.15) is 0 Å². The van der Waals surface area contributed by atoms with Crippen LogP contribution in [-0.2, 0) is 5.41 Å². The fourth-order valence-electron chi connectivity index (χ4n) is 6.26. The van der Waals surface area contributed by atoms with E-state index in [1.807, 2.05) is 0 Å². The minimum absolute atomic E-state index is 0.162. The summed E-state index contributed by atoms with van der Waals surface area (Å²) < 4.78 is 0. The van der Waals surface area contributed by atoms with Crippen LogP contribution >= 0.6 is 0 Å². The summed E-state index contributed by atoms with van der Waals surface area (Å²) in [6.45, 7) is 9.01. The number of fused-ring (bicyclic) bond motifs is 4. The zero-order valence-electron chi connectivity index (χ0n) is 23.5. The number of anilines is 5. The number of hydrogen-bond donors (Lipinski definition) is 0. The van der Waals surface area contributed by atoms with E-state index in [2.05, 4.69) is 176 Å². The molecule has 2 aliphatic rings. The van der Waals surface area contributed by atoms with Crippen LogP contribution in [0.4, 0.5) is 28.4 Å². The van der Waals surface area contributed by atoms with Gasteiger partial charge in [-0.25, -0.2) is 0 Å². The molecule has 0 amide bonds. The summed E-state index contributed by atoms with van der Waals surface area (Å²) in [7, 11) is 0. The molecule has 1 aliphatic heterocycles. The quantitative estimate of drug-likeness (QED) is 0.229. The van der Waals surface area contributed by atoms with Crippen LogP contribution in [0.15, 0.2) is 152 Å². The molecule has 0 unspecified atom stereocenters. The summed E-state index contributed by atoms with van der Waals surface area (Å²) in [5.74, 6) is 0. The molecule has 198 valence electrons. The third-order valence-corrected chi connectivity index (χ3v) is 8.36. The first kappa shape index (κ1) is 24.9. The van der Waals surface area contributed by atoms with Crippen molar-refractivity contribution in [3.05, 3.63) is 169 Å². The maximum atomic E-state index is 4.31. The highest BCUT2D eigenvalue weighted by molar-refractivity contribution is 5.89. The Labute approximate surface area is 242 Å². The molecule has 0 saturated heterocycles. The van der Waals surface area contributed by atoms with E-state index in [9.17, 15) is 0 Å². The van der Waals surface area contributed by atoms with Crippen LogP contribution in [0, 0.1) is 0 Å². The molecular weight excluding hydrogens is 496 g/mol. The Hall–Kier alpha value is -5.08. The Bertz CT molecular complexity index is 1790. The average molecular weight is 529 g/mol. The SMILES string of the molecule is C=C1/C=C\C=C/N(c2ccc3c(c2)C(C)(C)c2cc(N(c4ccccc4)c4ccccc4)ccc2-3)c2ccccc21. The summed E-state index contributed by atoms with van der Waals surface area (Å²) in [6.07, 6.45) is 8.36. The molecule has 0 atom stereocenters. The molecule has 0 N–H and O–H groups in total. The van der Waals surface area contributed by atoms with Crippen molar-refractivity contribution < 1.29 is 0 Å². The molecule has 2 nitrogen and oxygen atoms in total. The molecule has 5 aromatic carbocycles. The molecular formula is C39H32N2. The van der Waals surface area contributed by atoms with Gasteiger partial charge in [-0.05, 0) is 88.5 Å². The summed E-state index contributed by atoms with van der Waals surface area (Å²) in [6, 6.07) is 43.6. The third kappa shape index (κ3) is 4.20. The van der Waals surface area contributed by atoms with Gasteiger partial charge in [0.2, 0.25) is 0 Å². The molecule has 0 spiro atoms. The molecule has 0 saturated carbocycles. The van der Waals surface area contributed by atoms with Crippen molar-refractivity contribution in [1.82, 2.24) is 0 Å². The second kappa shape index (κ2) is 9.83. The molecule has 7 rings (SSSR count). The van der Waals surface area contributed by atoms with E-state index < -0.39 is 0 Å². The molecule has 41 heavy (non-hydrogen) atoms. The van der Waals surface area contributed by atoms with Crippen molar-refractivity contribution >= 4 is 34.0 Å². The first-order chi connectivity index (χ1) is 20.0. The van der Waals surface area contributed by atoms with Gasteiger partial charge in [-0.15, -0.1) is 0 Å². The van der Waals surface area contributed by atoms with E-state index in [0.717, 1.165) is 39.6 Å². The third-order valence-electron chi connectivity index (χ3n) is 8.36. The lowest BCUT2D eigenvalue weighted by Crippen LogP contribution is -2.17. The van der Waals surface area contributed by atoms with Gasteiger partial charge >= 0.3 is 0 Å². The molecule has 0 bridgehead atoms. The Morgan fingerprint density at radius 1 is 0.585 bits per heavy atom. The highest BCUT2D eigenvalue weighted by Crippen LogP contribution is 2.52. The monoisotopic (exact) mass is 528 g/mol. The summed E-state index contributed by atoms with van der Waals surface area (Å²) in [4.78, 5) is 4.62. The Morgan fingerprint density at radius 2 is 1.20 bits per heavy atom. The van der Waals surface area contributed by atoms with Crippen LogP contribution in [0.25, 0.3) is 16.7 Å². The second-order valence-electron chi connectivity index (χ2n) is 11.2. The predicted octanol–water partition coefficient (Wildman–Crippen LogP) is 10.7. The highest BCUT2D eigenvalue weighted by Gasteiger charge is 2.36. The largest absolute Gasteiger partial charge is 0.317 e. The van der Waals surface area contributed by atoms with Gasteiger partial charge in [0.25, 0.3) is 0 Å². The fourth-order valence-corrected chi connectivity index (χ4v) is 6.26. The highest BCUT2D eigenvalue weighted by atomic mass is 15.1. The van der Waals surface area contributed by atoms with E-state index in [1.165, 1.54) is 22.3 Å². The number of allylic oxidation sites excluding steroid dienone is 4. The number of benzene rings is 5. The zero-order valence-corrected chi connectivity index (χ0v) is 23.5. The molecule has 2 heteroatoms. The van der Waals surface area contributed by atoms with Gasteiger partial charge in [-0.3, -0.25) is 0 Å². The van der Waals surface area contributed by atoms with Gasteiger partial charge in [-0.1, -0.05) is 99.3 Å². The molecule has 0 fully saturated rings. The number of para-hydroxylation sites is 3. The zero-order chi connectivity index (χ0) is 28.0. The van der Waals surface area contributed by atoms with E-state index in [0.29, 0.717) is 0 Å². The van der Waals surface area contributed by atoms with Gasteiger partial charge in [0, 0.05) is 39.9 Å². The first-order valence-corrected chi connectivity index (χ1v) is 14.1. The van der Waals surface area contributed by atoms with Crippen molar-refractivity contribution in [3.63, 3.8) is 0 Å². The number of rotatable bonds is 4. The summed E-state index contributed by atoms with van der Waals surface area (Å²) in [5.41, 5.74) is 13.0. The van der Waals surface area contributed by atoms with E-state index in [4.69, 9.17) is 0 Å². The van der Waals surface area contributed by atoms with Crippen LogP contribution in [0.5, 0.6) is 0 Å². The van der Waals surface area contributed by atoms with Crippen molar-refractivity contribution in [1.29, 1.82) is 0 Å². The maximum Gasteiger partial charge on any atom is 0.0533 e. The molecule has 5 aromatic rings. The minimum Gasteiger partial charge on any atom is -0.317 e. The number of hydrogen-bond acceptors (Lipinski definition) is 2. The van der Waals surface area contributed by atoms with Crippen LogP contribution in [0.3, 0.4) is 0 Å². The van der Waals surface area contributed by atoms with Crippen molar-refractivity contribution in [2.75, 3.05) is 9.80 Å². The lowest BCUT2D eigenvalue weighted by Gasteiger charge is -2.29. The molecule has 1 heterocycles. The maximum absolute atomic E-state index is 4.31. The normalized spacial score (nSPS) is 16.1. The van der Waals surface area contributed by atoms with Gasteiger partial charge < -0.3 is 9.80 Å². The van der Waals surface area contributed by atoms with Gasteiger partial charge in [-0.2, -0.15) is 0 Å². The van der Waals surface area contributed by atoms with Crippen LogP contribution in [0.1, 0.15) is 30.5 Å². The van der Waals surface area contributed by atoms with E-state index in [1.54, 1.807) is 0 Å². The van der Waals surface area contributed by atoms with E-state index in [-0.39, 0.29) is 5.41 Å². The predicted molar refractivity (Wildman–Crippen MR) is 175 cm³/mol. The standard InChI is InChI=1S/C39H32N2/c1-28-14-12-13-25-40(38-20-11-10-19-33(28)38)31-21-23-34-35-24-22-32(27-37(35)39(2,3)36(34)26-31)41(29-15-6-4-7-16-29)30-17-8-5-9-18-30/h4-27H,1H2,2-3H3/b14-12-,25-13-. The minimum atomic E-state index is -0.162. The van der Waals surface area contributed by atoms with E-state index >= 15 is 0 Å². The van der Waals surface area contributed by atoms with Crippen LogP contribution in [0.2, 0.25) is 0 Å². The van der Waals surface area contributed by atoms with Gasteiger partial charge in [0.05, 0.1) is 5.69 Å². The molecule has 1 aliphatic carbocycles. The lowest BCUT2D eigenvalue weighted by atomic mass is 9.82. The Morgan fingerprint density at radius 3 is 1.90 bits per heavy atom. The first-order valence-electron chi connectivity index (χ1n) is 14.1. The smallest absolute Gasteiger partial charge is 0.0533 e. The van der Waals surface area contributed by atoms with Crippen LogP contribution < -0.4 is 9.80 Å². The number of nitrogens with zero attached hydrogens (tertiary/aromatic N) is 2. The van der Waals surface area contributed by atoms with Crippen molar-refractivity contribution in [2.24, 2.45) is 0 Å². The van der Waals surface area contributed by atoms with Crippen LogP contribution in [-0.4, -0.2) is 0 Å². The molecule has 0 radical (unpaired) electrons. The van der Waals surface area contributed by atoms with Gasteiger partial charge in [0.15, 0.2) is 0 Å². The fraction of sp³-hybridized carbons (Fsp3) is 0.0769. The Kier molecular flexibility index (Phi) is 5.98. The topological polar surface area (TPSA) is 6.48 Å². The lowest BCUT2D eigenvalue weighted by molar-refractivity contribution is 0.660. The molecule has 0 aromatic heterocycles. The summed E-state index contributed by atoms with van der Waals surface area (Å²) in [5, 5.41) is 0. The summed E-state index contributed by atoms with van der Waals surface area (Å²) >= 11 is 0. The average Bonchev–Trinajstić information content (AvgIpc) is 3.23. The van der Waals surface area contributed by atoms with Crippen molar-refractivity contribution in [2.45, 2.75) is 19.3 Å². The second-order valence-corrected chi connectivity index (χ2v) is 11.2. The Balaban J connectivity index is 1.33.